The van der Waals surface area contributed by atoms with Gasteiger partial charge in [0.15, 0.2) is 0 Å². The van der Waals surface area contributed by atoms with E-state index in [0.717, 1.165) is 5.56 Å². The molecule has 0 aromatic carbocycles. The van der Waals surface area contributed by atoms with Crippen LogP contribution in [0, 0.1) is 5.82 Å². The molecule has 4 nitrogen and oxygen atoms in total. The maximum absolute atomic E-state index is 12.7. The van der Waals surface area contributed by atoms with E-state index in [1.807, 2.05) is 6.07 Å². The maximum atomic E-state index is 12.7. The van der Waals surface area contributed by atoms with Crippen LogP contribution in [-0.2, 0) is 6.42 Å². The summed E-state index contributed by atoms with van der Waals surface area (Å²) in [6.45, 7) is 0. The molecule has 0 saturated heterocycles. The molecule has 2 heterocycles. The molecule has 1 unspecified atom stereocenters. The Labute approximate surface area is 92.3 Å². The lowest BCUT2D eigenvalue weighted by molar-refractivity contribution is 0.523. The van der Waals surface area contributed by atoms with Crippen molar-refractivity contribution in [2.75, 3.05) is 0 Å². The first-order valence-electron chi connectivity index (χ1n) is 4.88. The Morgan fingerprint density at radius 2 is 2.31 bits per heavy atom. The van der Waals surface area contributed by atoms with Gasteiger partial charge in [0.25, 0.3) is 0 Å². The van der Waals surface area contributed by atoms with Crippen LogP contribution in [0.5, 0.6) is 0 Å². The van der Waals surface area contributed by atoms with E-state index in [-0.39, 0.29) is 11.9 Å². The predicted molar refractivity (Wildman–Crippen MR) is 56.7 cm³/mol. The number of furan rings is 1. The molecule has 0 spiro atoms. The Balaban J connectivity index is 2.13. The zero-order valence-electron chi connectivity index (χ0n) is 8.56. The van der Waals surface area contributed by atoms with Crippen LogP contribution >= 0.6 is 0 Å². The lowest BCUT2D eigenvalue weighted by Crippen LogP contribution is -2.30. The Morgan fingerprint density at radius 3 is 2.88 bits per heavy atom. The van der Waals surface area contributed by atoms with Gasteiger partial charge in [-0.1, -0.05) is 0 Å². The molecule has 0 bridgehead atoms. The molecule has 0 radical (unpaired) electrons. The number of rotatable bonds is 4. The van der Waals surface area contributed by atoms with E-state index < -0.39 is 0 Å². The molecule has 0 amide bonds. The summed E-state index contributed by atoms with van der Waals surface area (Å²) in [6.07, 6.45) is 5.07. The van der Waals surface area contributed by atoms with Crippen LogP contribution in [-0.4, -0.2) is 4.98 Å². The van der Waals surface area contributed by atoms with E-state index in [0.29, 0.717) is 12.1 Å². The second kappa shape index (κ2) is 4.87. The van der Waals surface area contributed by atoms with Crippen molar-refractivity contribution in [3.63, 3.8) is 0 Å². The van der Waals surface area contributed by atoms with Crippen molar-refractivity contribution in [2.45, 2.75) is 12.5 Å². The van der Waals surface area contributed by atoms with Crippen molar-refractivity contribution in [1.82, 2.24) is 10.4 Å². The van der Waals surface area contributed by atoms with Crippen molar-refractivity contribution < 1.29 is 8.81 Å². The van der Waals surface area contributed by atoms with Crippen molar-refractivity contribution in [2.24, 2.45) is 5.84 Å². The molecule has 2 aromatic heterocycles. The first-order chi connectivity index (χ1) is 7.79. The molecule has 2 aromatic rings. The zero-order chi connectivity index (χ0) is 11.4. The monoisotopic (exact) mass is 221 g/mol. The van der Waals surface area contributed by atoms with Crippen LogP contribution in [0.4, 0.5) is 4.39 Å². The van der Waals surface area contributed by atoms with Crippen molar-refractivity contribution >= 4 is 0 Å². The highest BCUT2D eigenvalue weighted by atomic mass is 19.1. The number of aromatic nitrogens is 1. The molecule has 0 aliphatic heterocycles. The van der Waals surface area contributed by atoms with Crippen LogP contribution in [0.2, 0.25) is 0 Å². The van der Waals surface area contributed by atoms with Gasteiger partial charge in [0.05, 0.1) is 30.5 Å². The smallest absolute Gasteiger partial charge is 0.141 e. The van der Waals surface area contributed by atoms with E-state index in [4.69, 9.17) is 10.3 Å². The third kappa shape index (κ3) is 2.44. The van der Waals surface area contributed by atoms with Gasteiger partial charge in [-0.3, -0.25) is 16.3 Å². The predicted octanol–water partition coefficient (Wildman–Crippen LogP) is 1.56. The zero-order valence-corrected chi connectivity index (χ0v) is 8.56. The fourth-order valence-corrected chi connectivity index (χ4v) is 1.49. The van der Waals surface area contributed by atoms with Crippen LogP contribution in [0.3, 0.4) is 0 Å². The summed E-state index contributed by atoms with van der Waals surface area (Å²) in [5.41, 5.74) is 4.36. The second-order valence-electron chi connectivity index (χ2n) is 3.46. The highest BCUT2D eigenvalue weighted by Crippen LogP contribution is 2.16. The van der Waals surface area contributed by atoms with Gasteiger partial charge in [0.2, 0.25) is 0 Å². The molecule has 3 N–H and O–H groups in total. The van der Waals surface area contributed by atoms with Gasteiger partial charge < -0.3 is 4.42 Å². The number of nitrogens with one attached hydrogen (secondary N) is 1. The third-order valence-corrected chi connectivity index (χ3v) is 2.33. The van der Waals surface area contributed by atoms with Crippen LogP contribution in [0.25, 0.3) is 0 Å². The normalized spacial score (nSPS) is 12.6. The van der Waals surface area contributed by atoms with Crippen molar-refractivity contribution in [3.05, 3.63) is 54.0 Å². The Bertz CT molecular complexity index is 427. The summed E-state index contributed by atoms with van der Waals surface area (Å²) in [5, 5.41) is 0. The van der Waals surface area contributed by atoms with Gasteiger partial charge in [-0.15, -0.1) is 0 Å². The highest BCUT2D eigenvalue weighted by molar-refractivity contribution is 5.15. The van der Waals surface area contributed by atoms with E-state index in [1.165, 1.54) is 12.3 Å². The summed E-state index contributed by atoms with van der Waals surface area (Å²) in [5.74, 6) is 5.09. The highest BCUT2D eigenvalue weighted by Gasteiger charge is 2.12. The lowest BCUT2D eigenvalue weighted by Gasteiger charge is -2.13. The van der Waals surface area contributed by atoms with Gasteiger partial charge >= 0.3 is 0 Å². The number of hydrogen-bond donors (Lipinski definition) is 2. The van der Waals surface area contributed by atoms with E-state index in [2.05, 4.69) is 10.4 Å². The number of halogens is 1. The Morgan fingerprint density at radius 1 is 1.44 bits per heavy atom. The molecule has 0 aliphatic rings. The van der Waals surface area contributed by atoms with Gasteiger partial charge in [-0.25, -0.2) is 4.39 Å². The van der Waals surface area contributed by atoms with E-state index in [1.54, 1.807) is 18.6 Å². The van der Waals surface area contributed by atoms with Gasteiger partial charge in [0.1, 0.15) is 5.82 Å². The molecule has 0 fully saturated rings. The number of pyridine rings is 1. The molecule has 0 aliphatic carbocycles. The minimum absolute atomic E-state index is 0.154. The van der Waals surface area contributed by atoms with Crippen molar-refractivity contribution in [1.29, 1.82) is 0 Å². The number of hydrogen-bond acceptors (Lipinski definition) is 4. The number of hydrazine groups is 1. The van der Waals surface area contributed by atoms with Gasteiger partial charge in [0, 0.05) is 0 Å². The Hall–Kier alpha value is -1.72. The van der Waals surface area contributed by atoms with Crippen molar-refractivity contribution in [3.8, 4) is 0 Å². The molecule has 1 atom stereocenters. The molecular weight excluding hydrogens is 209 g/mol. The summed E-state index contributed by atoms with van der Waals surface area (Å²) in [6, 6.07) is 4.67. The topological polar surface area (TPSA) is 64.1 Å². The fourth-order valence-electron chi connectivity index (χ4n) is 1.49. The van der Waals surface area contributed by atoms with Crippen LogP contribution in [0.15, 0.2) is 41.3 Å². The van der Waals surface area contributed by atoms with Gasteiger partial charge in [-0.05, 0) is 30.2 Å². The molecule has 16 heavy (non-hydrogen) atoms. The third-order valence-electron chi connectivity index (χ3n) is 2.33. The van der Waals surface area contributed by atoms with E-state index in [9.17, 15) is 4.39 Å². The molecule has 2 rings (SSSR count). The molecule has 0 saturated carbocycles. The van der Waals surface area contributed by atoms with Gasteiger partial charge in [-0.2, -0.15) is 0 Å². The lowest BCUT2D eigenvalue weighted by atomic mass is 10.1. The average molecular weight is 221 g/mol. The second-order valence-corrected chi connectivity index (χ2v) is 3.46. The SMILES string of the molecule is NNC(Cc1ccoc1)c1ccc(F)cn1. The summed E-state index contributed by atoms with van der Waals surface area (Å²) < 4.78 is 17.7. The quantitative estimate of drug-likeness (QED) is 0.607. The van der Waals surface area contributed by atoms with E-state index >= 15 is 0 Å². The molecule has 5 heteroatoms. The Kier molecular flexibility index (Phi) is 3.28. The maximum Gasteiger partial charge on any atom is 0.141 e. The van der Waals surface area contributed by atoms with Crippen LogP contribution in [0.1, 0.15) is 17.3 Å². The molecule has 84 valence electrons. The minimum atomic E-state index is -0.358. The molecular formula is C11H12FN3O. The summed E-state index contributed by atoms with van der Waals surface area (Å²) >= 11 is 0. The standard InChI is InChI=1S/C11H12FN3O/c12-9-1-2-10(14-6-9)11(15-13)5-8-3-4-16-7-8/h1-4,6-7,11,15H,5,13H2. The summed E-state index contributed by atoms with van der Waals surface area (Å²) in [4.78, 5) is 3.98. The minimum Gasteiger partial charge on any atom is -0.472 e. The van der Waals surface area contributed by atoms with Crippen LogP contribution < -0.4 is 11.3 Å². The fraction of sp³-hybridized carbons (Fsp3) is 0.182. The number of nitrogens with two attached hydrogens (primary N) is 1. The largest absolute Gasteiger partial charge is 0.472 e. The number of nitrogens with zero attached hydrogens (tertiary/aromatic N) is 1. The first-order valence-corrected chi connectivity index (χ1v) is 4.88. The average Bonchev–Trinajstić information content (AvgIpc) is 2.80. The first kappa shape index (κ1) is 10.8. The summed E-state index contributed by atoms with van der Waals surface area (Å²) in [7, 11) is 0.